The van der Waals surface area contributed by atoms with Gasteiger partial charge in [0.05, 0.1) is 16.4 Å². The van der Waals surface area contributed by atoms with Crippen LogP contribution >= 0.6 is 79.6 Å². The van der Waals surface area contributed by atoms with Gasteiger partial charge in [-0.25, -0.2) is 0 Å². The minimum absolute atomic E-state index is 0.0593. The Bertz CT molecular complexity index is 9660. The zero-order valence-corrected chi connectivity index (χ0v) is 90.1. The Hall–Kier alpha value is -15.6. The molecular weight excluding hydrogens is 2140 g/mol. The Morgan fingerprint density at radius 1 is 0.195 bits per heavy atom. The van der Waals surface area contributed by atoms with E-state index in [1.165, 1.54) is 199 Å². The van der Waals surface area contributed by atoms with Crippen LogP contribution in [0.1, 0.15) is 72.2 Å². The normalized spacial score (nSPS) is 12.9. The number of hydrogen-bond donors (Lipinski definition) is 0. The van der Waals surface area contributed by atoms with Gasteiger partial charge in [0, 0.05) is 82.3 Å². The first kappa shape index (κ1) is 94.4. The summed E-state index contributed by atoms with van der Waals surface area (Å²) in [6.45, 7) is 9.29. The van der Waals surface area contributed by atoms with Gasteiger partial charge in [-0.3, -0.25) is 0 Å². The van der Waals surface area contributed by atoms with Crippen LogP contribution in [0.25, 0.3) is 204 Å². The van der Waals surface area contributed by atoms with Crippen molar-refractivity contribution in [1.82, 2.24) is 4.57 Å². The van der Waals surface area contributed by atoms with Crippen molar-refractivity contribution in [2.45, 2.75) is 43.9 Å². The summed E-state index contributed by atoms with van der Waals surface area (Å²) in [6.07, 6.45) is 0. The van der Waals surface area contributed by atoms with Gasteiger partial charge in [0.15, 0.2) is 0 Å². The van der Waals surface area contributed by atoms with Crippen LogP contribution in [0.4, 0.5) is 0 Å². The van der Waals surface area contributed by atoms with Crippen LogP contribution in [0.15, 0.2) is 541 Å². The van der Waals surface area contributed by atoms with Crippen molar-refractivity contribution < 1.29 is 8.83 Å². The second-order valence-electron chi connectivity index (χ2n) is 39.8. The number of nitrogens with zero attached hydrogens (tertiary/aromatic N) is 1. The largest absolute Gasteiger partial charge is 0.456 e. The van der Waals surface area contributed by atoms with E-state index in [9.17, 15) is 0 Å². The molecule has 29 rings (SSSR count). The fourth-order valence-corrected chi connectivity index (χ4v) is 25.0. The van der Waals surface area contributed by atoms with Crippen LogP contribution in [0.5, 0.6) is 0 Å². The van der Waals surface area contributed by atoms with Crippen LogP contribution in [-0.2, 0) is 16.2 Å². The zero-order chi connectivity index (χ0) is 101. The van der Waals surface area contributed by atoms with E-state index in [0.29, 0.717) is 0 Å². The standard InChI is InChI=1S/C36H22BrNO.C31H21Br.C27H21Br.C26H15BrO.C21H17Br/c37-26-17-13-23(14-18-26)24-16-20-35-32(21-24)31-11-6-10-28(36(31)39-35)25-15-19-30-29-9-4-5-12-33(29)38(34(30)22-25)27-7-2-1-3-8-27;32-26-18-15-22(16-19-26)23-17-20-28-27-13-7-8-14-29(27)31(30(28)21-23,24-9-3-1-4-10-24)25-11-5-2-6-12-25;1-27(2)25-9-4-3-8-23(25)24-17-21(12-15-26(24)27)20-7-5-6-19(16-20)18-10-13-22(28)14-11-18;27-19-9-5-8-18(14-19)24-21-11-4-2-7-17(21)15-23-26(24)25-20-10-3-1-6-16(20)12-13-22(25)28-23;1-21(2)19-9-4-3-8-17(19)18-11-10-15(13-20(18)21)14-6-5-7-16(22)12-14/h1-22H;1-21H;3-17H,1-2H3;1-15H;3-13H,1-2H3. The first-order valence-corrected chi connectivity index (χ1v) is 54.4. The van der Waals surface area contributed by atoms with Crippen molar-refractivity contribution in [2.24, 2.45) is 0 Å². The van der Waals surface area contributed by atoms with E-state index in [4.69, 9.17) is 8.83 Å². The molecule has 0 fully saturated rings. The zero-order valence-electron chi connectivity index (χ0n) is 82.2. The molecule has 0 radical (unpaired) electrons. The molecule has 8 heteroatoms. The van der Waals surface area contributed by atoms with Crippen molar-refractivity contribution in [3.63, 3.8) is 0 Å². The highest BCUT2D eigenvalue weighted by atomic mass is 79.9. The second-order valence-corrected chi connectivity index (χ2v) is 44.4. The molecule has 0 spiro atoms. The summed E-state index contributed by atoms with van der Waals surface area (Å²) >= 11 is 17.8. The average molecular weight is 2240 g/mol. The highest BCUT2D eigenvalue weighted by Crippen LogP contribution is 2.59. The lowest BCUT2D eigenvalue weighted by Crippen LogP contribution is -2.28. The number of furan rings is 2. The minimum Gasteiger partial charge on any atom is -0.456 e. The summed E-state index contributed by atoms with van der Waals surface area (Å²) in [5, 5.41) is 12.0. The van der Waals surface area contributed by atoms with E-state index in [1.807, 2.05) is 0 Å². The molecule has 3 aromatic heterocycles. The van der Waals surface area contributed by atoms with Crippen LogP contribution in [-0.4, -0.2) is 4.57 Å². The molecule has 0 atom stereocenters. The van der Waals surface area contributed by atoms with Gasteiger partial charge in [-0.15, -0.1) is 0 Å². The Labute approximate surface area is 909 Å². The molecule has 0 N–H and O–H groups in total. The third-order valence-corrected chi connectivity index (χ3v) is 33.1. The van der Waals surface area contributed by atoms with Gasteiger partial charge in [-0.2, -0.15) is 0 Å². The maximum Gasteiger partial charge on any atom is 0.143 e. The molecule has 0 saturated carbocycles. The summed E-state index contributed by atoms with van der Waals surface area (Å²) in [6, 6.07) is 183. The molecule has 3 aliphatic carbocycles. The van der Waals surface area contributed by atoms with Gasteiger partial charge in [0.2, 0.25) is 0 Å². The van der Waals surface area contributed by atoms with Crippen molar-refractivity contribution in [2.75, 3.05) is 0 Å². The maximum atomic E-state index is 6.52. The van der Waals surface area contributed by atoms with Crippen LogP contribution in [0.3, 0.4) is 0 Å². The van der Waals surface area contributed by atoms with Crippen molar-refractivity contribution >= 4 is 167 Å². The molecule has 3 nitrogen and oxygen atoms in total. The van der Waals surface area contributed by atoms with Gasteiger partial charge in [-0.1, -0.05) is 483 Å². The van der Waals surface area contributed by atoms with Gasteiger partial charge in [0.25, 0.3) is 0 Å². The smallest absolute Gasteiger partial charge is 0.143 e. The molecule has 0 aliphatic heterocycles. The quantitative estimate of drug-likeness (QED) is 0.137. The Morgan fingerprint density at radius 3 is 1.26 bits per heavy atom. The number of aromatic nitrogens is 1. The molecule has 3 aliphatic rings. The number of halogens is 5. The summed E-state index contributed by atoms with van der Waals surface area (Å²) in [5.74, 6) is 0. The van der Waals surface area contributed by atoms with Crippen molar-refractivity contribution in [1.29, 1.82) is 0 Å². The van der Waals surface area contributed by atoms with E-state index in [0.717, 1.165) is 72.3 Å². The van der Waals surface area contributed by atoms with Crippen LogP contribution < -0.4 is 0 Å². The van der Waals surface area contributed by atoms with Crippen LogP contribution in [0.2, 0.25) is 0 Å². The molecule has 0 amide bonds. The predicted octanol–water partition coefficient (Wildman–Crippen LogP) is 42.1. The number of fused-ring (bicyclic) bond motifs is 21. The average Bonchev–Trinajstić information content (AvgIpc) is 1.53. The summed E-state index contributed by atoms with van der Waals surface area (Å²) < 4.78 is 20.7. The Balaban J connectivity index is 0.0000000977. The maximum absolute atomic E-state index is 6.52. The summed E-state index contributed by atoms with van der Waals surface area (Å²) in [5.41, 5.74) is 43.1. The molecule has 23 aromatic carbocycles. The van der Waals surface area contributed by atoms with E-state index < -0.39 is 0 Å². The van der Waals surface area contributed by atoms with Gasteiger partial charge in [-0.05, 0) is 300 Å². The molecule has 0 unspecified atom stereocenters. The highest BCUT2D eigenvalue weighted by molar-refractivity contribution is 9.11. The second kappa shape index (κ2) is 39.2. The number of hydrogen-bond acceptors (Lipinski definition) is 2. The molecular formula is C141H96Br5NO2. The molecule has 3 heterocycles. The predicted molar refractivity (Wildman–Crippen MR) is 645 cm³/mol. The SMILES string of the molecule is Brc1ccc(-c2ccc3c(c2)C(c2ccccc2)(c2ccccc2)c2ccccc2-3)cc1.Brc1ccc(-c2ccc3oc4c(-c5ccc6c7ccccc7n(-c7ccccc7)c6c5)cccc4c3c2)cc1.Brc1cccc(-c2c3ccccc3cc3oc4ccc5ccccc5c4c23)c1.CC1(C)c2ccccc2-c2cc(-c3cccc(-c4ccc(Br)cc4)c3)ccc21.CC1(C)c2ccccc2-c2ccc(-c3cccc(Br)c3)cc21. The lowest BCUT2D eigenvalue weighted by Gasteiger charge is -2.34. The Morgan fingerprint density at radius 2 is 0.611 bits per heavy atom. The van der Waals surface area contributed by atoms with Crippen molar-refractivity contribution in [3.8, 4) is 117 Å². The third kappa shape index (κ3) is 17.1. The van der Waals surface area contributed by atoms with Gasteiger partial charge < -0.3 is 13.4 Å². The topological polar surface area (TPSA) is 31.2 Å². The first-order valence-electron chi connectivity index (χ1n) is 50.5. The fraction of sp³-hybridized carbons (Fsp3) is 0.0496. The lowest BCUT2D eigenvalue weighted by atomic mass is 9.67. The Kier molecular flexibility index (Phi) is 24.8. The van der Waals surface area contributed by atoms with Crippen molar-refractivity contribution in [3.05, 3.63) is 576 Å². The molecule has 26 aromatic rings. The monoisotopic (exact) mass is 2230 g/mol. The molecule has 149 heavy (non-hydrogen) atoms. The minimum atomic E-state index is -0.347. The van der Waals surface area contributed by atoms with E-state index in [1.54, 1.807) is 0 Å². The fourth-order valence-electron chi connectivity index (χ4n) is 23.4. The third-order valence-electron chi connectivity index (χ3n) is 30.5. The molecule has 0 bridgehead atoms. The van der Waals surface area contributed by atoms with E-state index >= 15 is 0 Å². The number of para-hydroxylation sites is 3. The van der Waals surface area contributed by atoms with Crippen LogP contribution in [0, 0.1) is 0 Å². The first-order chi connectivity index (χ1) is 72.9. The van der Waals surface area contributed by atoms with E-state index in [-0.39, 0.29) is 16.2 Å². The molecule has 712 valence electrons. The summed E-state index contributed by atoms with van der Waals surface area (Å²) in [7, 11) is 0. The van der Waals surface area contributed by atoms with E-state index in [2.05, 4.69) is 621 Å². The number of benzene rings is 23. The lowest BCUT2D eigenvalue weighted by molar-refractivity contribution is 0.660. The van der Waals surface area contributed by atoms with Gasteiger partial charge >= 0.3 is 0 Å². The summed E-state index contributed by atoms with van der Waals surface area (Å²) in [4.78, 5) is 0. The number of rotatable bonds is 10. The highest BCUT2D eigenvalue weighted by Gasteiger charge is 2.47. The molecule has 0 saturated heterocycles. The van der Waals surface area contributed by atoms with Gasteiger partial charge in [0.1, 0.15) is 22.3 Å².